The summed E-state index contributed by atoms with van der Waals surface area (Å²) in [6.07, 6.45) is 1.33. The zero-order chi connectivity index (χ0) is 22.3. The van der Waals surface area contributed by atoms with Crippen LogP contribution in [0.5, 0.6) is 0 Å². The second kappa shape index (κ2) is 13.1. The van der Waals surface area contributed by atoms with Crippen LogP contribution in [0.25, 0.3) is 10.2 Å². The number of carbonyl (C=O) groups is 1. The number of fused-ring (bicyclic) bond motifs is 1. The lowest BCUT2D eigenvalue weighted by Crippen LogP contribution is -2.39. The molecule has 0 radical (unpaired) electrons. The van der Waals surface area contributed by atoms with Crippen LogP contribution in [0.4, 0.5) is 5.13 Å². The minimum Gasteiger partial charge on any atom is -0.379 e. The van der Waals surface area contributed by atoms with Crippen molar-refractivity contribution in [1.82, 2.24) is 9.88 Å². The molecule has 0 bridgehead atoms. The van der Waals surface area contributed by atoms with Gasteiger partial charge in [0.15, 0.2) is 5.13 Å². The number of aromatic nitrogens is 1. The number of nitrogens with zero attached hydrogens (tertiary/aromatic N) is 3. The molecule has 1 aliphatic rings. The monoisotopic (exact) mass is 545 g/mol. The largest absolute Gasteiger partial charge is 0.379 e. The number of morpholine rings is 1. The van der Waals surface area contributed by atoms with Gasteiger partial charge >= 0.3 is 0 Å². The van der Waals surface area contributed by atoms with Crippen molar-refractivity contribution in [3.05, 3.63) is 52.5 Å². The summed E-state index contributed by atoms with van der Waals surface area (Å²) >= 11 is 15.5. The van der Waals surface area contributed by atoms with Crippen LogP contribution in [-0.2, 0) is 9.53 Å². The lowest BCUT2D eigenvalue weighted by Gasteiger charge is -2.27. The van der Waals surface area contributed by atoms with Crippen LogP contribution in [0.3, 0.4) is 0 Å². The molecule has 178 valence electrons. The summed E-state index contributed by atoms with van der Waals surface area (Å²) in [6.45, 7) is 5.03. The first kappa shape index (κ1) is 26.5. The van der Waals surface area contributed by atoms with Crippen LogP contribution in [-0.4, -0.2) is 60.9 Å². The molecule has 0 saturated carbocycles. The highest BCUT2D eigenvalue weighted by molar-refractivity contribution is 7.99. The number of rotatable bonds is 9. The molecular weight excluding hydrogens is 521 g/mol. The van der Waals surface area contributed by atoms with Gasteiger partial charge in [-0.25, -0.2) is 4.98 Å². The number of anilines is 1. The van der Waals surface area contributed by atoms with E-state index in [-0.39, 0.29) is 18.3 Å². The maximum atomic E-state index is 13.2. The quantitative estimate of drug-likeness (QED) is 0.296. The van der Waals surface area contributed by atoms with Crippen LogP contribution in [0.1, 0.15) is 12.8 Å². The zero-order valence-electron chi connectivity index (χ0n) is 18.0. The van der Waals surface area contributed by atoms with Gasteiger partial charge in [-0.3, -0.25) is 14.6 Å². The Morgan fingerprint density at radius 3 is 2.64 bits per heavy atom. The Bertz CT molecular complexity index is 1040. The maximum absolute atomic E-state index is 13.2. The number of hydrogen-bond donors (Lipinski definition) is 0. The van der Waals surface area contributed by atoms with E-state index in [1.165, 1.54) is 11.3 Å². The van der Waals surface area contributed by atoms with Gasteiger partial charge in [-0.1, -0.05) is 40.6 Å². The highest BCUT2D eigenvalue weighted by Gasteiger charge is 2.21. The molecule has 0 N–H and O–H groups in total. The Hall–Kier alpha value is -1.06. The second-order valence-corrected chi connectivity index (χ2v) is 10.5. The fourth-order valence-electron chi connectivity index (χ4n) is 3.54. The van der Waals surface area contributed by atoms with Crippen molar-refractivity contribution in [2.45, 2.75) is 17.7 Å². The number of hydrogen-bond acceptors (Lipinski definition) is 6. The summed E-state index contributed by atoms with van der Waals surface area (Å²) in [5.41, 5.74) is 0.760. The van der Waals surface area contributed by atoms with E-state index in [9.17, 15) is 4.79 Å². The average molecular weight is 547 g/mol. The molecule has 1 fully saturated rings. The third-order valence-electron chi connectivity index (χ3n) is 5.25. The zero-order valence-corrected chi connectivity index (χ0v) is 22.0. The summed E-state index contributed by atoms with van der Waals surface area (Å²) in [6, 6.07) is 13.4. The van der Waals surface area contributed by atoms with E-state index >= 15 is 0 Å². The fraction of sp³-hybridized carbons (Fsp3) is 0.391. The van der Waals surface area contributed by atoms with Crippen molar-refractivity contribution in [3.8, 4) is 0 Å². The number of thiazole rings is 1. The number of carbonyl (C=O) groups excluding carboxylic acids is 1. The van der Waals surface area contributed by atoms with Crippen molar-refractivity contribution < 1.29 is 9.53 Å². The molecule has 3 aromatic rings. The fourth-order valence-corrected chi connectivity index (χ4v) is 5.82. The Kier molecular flexibility index (Phi) is 10.6. The van der Waals surface area contributed by atoms with Crippen LogP contribution < -0.4 is 4.90 Å². The molecule has 2 aromatic carbocycles. The van der Waals surface area contributed by atoms with E-state index in [2.05, 4.69) is 4.90 Å². The van der Waals surface area contributed by atoms with Gasteiger partial charge in [-0.2, -0.15) is 0 Å². The van der Waals surface area contributed by atoms with E-state index in [4.69, 9.17) is 32.9 Å². The van der Waals surface area contributed by atoms with E-state index in [1.54, 1.807) is 11.8 Å². The predicted octanol–water partition coefficient (Wildman–Crippen LogP) is 6.26. The molecule has 10 heteroatoms. The van der Waals surface area contributed by atoms with Crippen molar-refractivity contribution in [1.29, 1.82) is 0 Å². The Morgan fingerprint density at radius 1 is 1.15 bits per heavy atom. The molecule has 0 aliphatic carbocycles. The summed E-state index contributed by atoms with van der Waals surface area (Å²) in [7, 11) is 0. The average Bonchev–Trinajstić information content (AvgIpc) is 3.24. The molecule has 1 amide bonds. The number of amides is 1. The summed E-state index contributed by atoms with van der Waals surface area (Å²) < 4.78 is 6.42. The van der Waals surface area contributed by atoms with E-state index in [1.807, 2.05) is 47.4 Å². The van der Waals surface area contributed by atoms with Gasteiger partial charge in [0.2, 0.25) is 5.91 Å². The molecule has 1 saturated heterocycles. The van der Waals surface area contributed by atoms with Crippen LogP contribution in [0.15, 0.2) is 47.4 Å². The highest BCUT2D eigenvalue weighted by atomic mass is 35.5. The summed E-state index contributed by atoms with van der Waals surface area (Å²) in [5.74, 6) is 0.787. The van der Waals surface area contributed by atoms with Gasteiger partial charge in [-0.05, 0) is 42.8 Å². The Morgan fingerprint density at radius 2 is 1.91 bits per heavy atom. The minimum atomic E-state index is 0. The van der Waals surface area contributed by atoms with Gasteiger partial charge in [0.05, 0.1) is 22.9 Å². The third-order valence-corrected chi connectivity index (χ3v) is 7.86. The van der Waals surface area contributed by atoms with Gasteiger partial charge in [-0.15, -0.1) is 24.2 Å². The third kappa shape index (κ3) is 7.46. The summed E-state index contributed by atoms with van der Waals surface area (Å²) in [5, 5.41) is 2.05. The second-order valence-electron chi connectivity index (χ2n) is 7.49. The smallest absolute Gasteiger partial charge is 0.229 e. The molecule has 5 nitrogen and oxygen atoms in total. The number of para-hydroxylation sites is 1. The van der Waals surface area contributed by atoms with E-state index in [0.717, 1.165) is 59.5 Å². The van der Waals surface area contributed by atoms with Crippen molar-refractivity contribution in [3.63, 3.8) is 0 Å². The number of halogens is 3. The van der Waals surface area contributed by atoms with Crippen LogP contribution >= 0.6 is 58.7 Å². The number of thioether (sulfide) groups is 1. The standard InChI is InChI=1S/C23H25Cl2N3O2S2.ClH/c24-17-5-7-18(8-6-17)31-16-9-21(29)28(11-2-10-27-12-14-30-15-13-27)23-26-22-19(25)3-1-4-20(22)32-23;/h1,3-8H,2,9-16H2;1H. The molecule has 33 heavy (non-hydrogen) atoms. The highest BCUT2D eigenvalue weighted by Crippen LogP contribution is 2.33. The minimum absolute atomic E-state index is 0. The molecule has 2 heterocycles. The molecule has 1 aliphatic heterocycles. The van der Waals surface area contributed by atoms with Crippen LogP contribution in [0.2, 0.25) is 10.0 Å². The van der Waals surface area contributed by atoms with Crippen molar-refractivity contribution in [2.24, 2.45) is 0 Å². The first-order valence-electron chi connectivity index (χ1n) is 10.6. The Labute approximate surface area is 218 Å². The predicted molar refractivity (Wildman–Crippen MR) is 143 cm³/mol. The summed E-state index contributed by atoms with van der Waals surface area (Å²) in [4.78, 5) is 23.3. The molecule has 0 spiro atoms. The SMILES string of the molecule is Cl.O=C(CCSc1ccc(Cl)cc1)N(CCCN1CCOCC1)c1nc2c(Cl)cccc2s1. The topological polar surface area (TPSA) is 45.7 Å². The first-order chi connectivity index (χ1) is 15.6. The van der Waals surface area contributed by atoms with Gasteiger partial charge < -0.3 is 4.74 Å². The normalized spacial score (nSPS) is 14.2. The molecule has 1 aromatic heterocycles. The van der Waals surface area contributed by atoms with Crippen molar-refractivity contribution >= 4 is 80.0 Å². The Balaban J connectivity index is 0.00000306. The number of ether oxygens (including phenoxy) is 1. The molecule has 0 atom stereocenters. The lowest BCUT2D eigenvalue weighted by molar-refractivity contribution is -0.118. The molecular formula is C23H26Cl3N3O2S2. The molecule has 4 rings (SSSR count). The molecule has 0 unspecified atom stereocenters. The van der Waals surface area contributed by atoms with Gasteiger partial charge in [0.25, 0.3) is 0 Å². The van der Waals surface area contributed by atoms with Gasteiger partial charge in [0, 0.05) is 48.3 Å². The lowest BCUT2D eigenvalue weighted by atomic mass is 10.3. The first-order valence-corrected chi connectivity index (χ1v) is 13.2. The van der Waals surface area contributed by atoms with Gasteiger partial charge in [0.1, 0.15) is 5.52 Å². The van der Waals surface area contributed by atoms with E-state index in [0.29, 0.717) is 28.8 Å². The van der Waals surface area contributed by atoms with Crippen molar-refractivity contribution in [2.75, 3.05) is 50.0 Å². The number of benzene rings is 2. The maximum Gasteiger partial charge on any atom is 0.229 e. The van der Waals surface area contributed by atoms with E-state index < -0.39 is 0 Å². The van der Waals surface area contributed by atoms with Crippen LogP contribution in [0, 0.1) is 0 Å².